The number of carboxylic acids is 1. The average molecular weight is 249 g/mol. The van der Waals surface area contributed by atoms with Crippen molar-refractivity contribution in [1.29, 1.82) is 0 Å². The number of halogens is 1. The van der Waals surface area contributed by atoms with Gasteiger partial charge in [-0.15, -0.1) is 11.8 Å². The summed E-state index contributed by atoms with van der Waals surface area (Å²) in [5.74, 6) is -0.116. The topological polar surface area (TPSA) is 37.3 Å². The average Bonchev–Trinajstić information content (AvgIpc) is 2.05. The maximum Gasteiger partial charge on any atom is 0.336 e. The zero-order valence-electron chi connectivity index (χ0n) is 6.63. The van der Waals surface area contributed by atoms with Crippen LogP contribution in [0.3, 0.4) is 0 Å². The predicted molar refractivity (Wildman–Crippen MR) is 54.4 cm³/mol. The smallest absolute Gasteiger partial charge is 0.336 e. The largest absolute Gasteiger partial charge is 0.478 e. The van der Waals surface area contributed by atoms with Crippen LogP contribution in [0.15, 0.2) is 21.0 Å². The van der Waals surface area contributed by atoms with E-state index in [4.69, 9.17) is 5.11 Å². The van der Waals surface area contributed by atoms with Gasteiger partial charge in [0, 0.05) is 10.2 Å². The summed E-state index contributed by atoms with van der Waals surface area (Å²) in [6, 6.07) is 0. The van der Waals surface area contributed by atoms with Crippen molar-refractivity contribution in [1.82, 2.24) is 0 Å². The summed E-state index contributed by atoms with van der Waals surface area (Å²) in [5.41, 5.74) is 0.394. The van der Waals surface area contributed by atoms with E-state index in [1.807, 2.05) is 6.92 Å². The van der Waals surface area contributed by atoms with E-state index >= 15 is 0 Å². The van der Waals surface area contributed by atoms with E-state index in [2.05, 4.69) is 15.9 Å². The van der Waals surface area contributed by atoms with Gasteiger partial charge in [0.2, 0.25) is 0 Å². The molecule has 2 nitrogen and oxygen atoms in total. The number of carbonyl (C=O) groups is 1. The van der Waals surface area contributed by atoms with Crippen molar-refractivity contribution >= 4 is 33.7 Å². The van der Waals surface area contributed by atoms with Gasteiger partial charge in [0.15, 0.2) is 0 Å². The van der Waals surface area contributed by atoms with Crippen molar-refractivity contribution in [2.75, 3.05) is 5.75 Å². The second-order valence-electron chi connectivity index (χ2n) is 2.38. The molecule has 0 saturated carbocycles. The number of carboxylic acid groups (broad SMARTS) is 1. The summed E-state index contributed by atoms with van der Waals surface area (Å²) >= 11 is 4.93. The maximum absolute atomic E-state index is 10.7. The third-order valence-corrected chi connectivity index (χ3v) is 3.85. The van der Waals surface area contributed by atoms with Crippen molar-refractivity contribution in [2.24, 2.45) is 0 Å². The van der Waals surface area contributed by atoms with Crippen LogP contribution >= 0.6 is 27.7 Å². The van der Waals surface area contributed by atoms with Crippen LogP contribution in [-0.2, 0) is 4.79 Å². The van der Waals surface area contributed by atoms with Gasteiger partial charge < -0.3 is 5.11 Å². The summed E-state index contributed by atoms with van der Waals surface area (Å²) in [4.78, 5) is 11.8. The first kappa shape index (κ1) is 9.86. The number of thioether (sulfide) groups is 1. The fourth-order valence-electron chi connectivity index (χ4n) is 0.897. The van der Waals surface area contributed by atoms with Crippen LogP contribution < -0.4 is 0 Å². The van der Waals surface area contributed by atoms with Gasteiger partial charge in [0.25, 0.3) is 0 Å². The first-order valence-corrected chi connectivity index (χ1v) is 5.38. The van der Waals surface area contributed by atoms with Gasteiger partial charge in [-0.1, -0.05) is 22.9 Å². The molecular formula is C8H9BrO2S. The fourth-order valence-corrected chi connectivity index (χ4v) is 2.40. The molecule has 0 atom stereocenters. The molecule has 12 heavy (non-hydrogen) atoms. The number of rotatable bonds is 2. The van der Waals surface area contributed by atoms with Gasteiger partial charge in [0.1, 0.15) is 0 Å². The second-order valence-corrected chi connectivity index (χ2v) is 4.44. The van der Waals surface area contributed by atoms with E-state index < -0.39 is 5.97 Å². The van der Waals surface area contributed by atoms with E-state index in [-0.39, 0.29) is 0 Å². The molecular weight excluding hydrogens is 240 g/mol. The lowest BCUT2D eigenvalue weighted by molar-refractivity contribution is -0.132. The van der Waals surface area contributed by atoms with Gasteiger partial charge >= 0.3 is 5.97 Å². The molecule has 1 rings (SSSR count). The van der Waals surface area contributed by atoms with Crippen LogP contribution in [0, 0.1) is 0 Å². The normalized spacial score (nSPS) is 17.7. The van der Waals surface area contributed by atoms with Gasteiger partial charge in [-0.05, 0) is 17.4 Å². The quantitative estimate of drug-likeness (QED) is 0.817. The first-order valence-electron chi connectivity index (χ1n) is 3.60. The molecule has 1 aliphatic heterocycles. The van der Waals surface area contributed by atoms with E-state index in [1.54, 1.807) is 17.8 Å². The number of aliphatic carboxylic acids is 1. The Balaban J connectivity index is 2.94. The van der Waals surface area contributed by atoms with Crippen LogP contribution in [0.1, 0.15) is 13.3 Å². The van der Waals surface area contributed by atoms with Crippen LogP contribution in [0.4, 0.5) is 0 Å². The van der Waals surface area contributed by atoms with Crippen LogP contribution in [0.5, 0.6) is 0 Å². The summed E-state index contributed by atoms with van der Waals surface area (Å²) < 4.78 is 0.775. The van der Waals surface area contributed by atoms with E-state index in [0.29, 0.717) is 5.57 Å². The Morgan fingerprint density at radius 3 is 3.00 bits per heavy atom. The molecule has 0 saturated heterocycles. The Hall–Kier alpha value is -0.220. The molecule has 1 heterocycles. The van der Waals surface area contributed by atoms with Gasteiger partial charge in [0.05, 0.1) is 5.57 Å². The Morgan fingerprint density at radius 2 is 2.50 bits per heavy atom. The molecule has 0 unspecified atom stereocenters. The van der Waals surface area contributed by atoms with Crippen molar-refractivity contribution in [3.05, 3.63) is 21.0 Å². The molecule has 0 spiro atoms. The molecule has 0 fully saturated rings. The zero-order valence-corrected chi connectivity index (χ0v) is 9.04. The Kier molecular flexibility index (Phi) is 3.40. The van der Waals surface area contributed by atoms with Gasteiger partial charge in [-0.25, -0.2) is 4.79 Å². The van der Waals surface area contributed by atoms with Gasteiger partial charge in [-0.2, -0.15) is 0 Å². The molecule has 1 aliphatic rings. The monoisotopic (exact) mass is 248 g/mol. The lowest BCUT2D eigenvalue weighted by Gasteiger charge is -2.12. The lowest BCUT2D eigenvalue weighted by atomic mass is 10.2. The highest BCUT2D eigenvalue weighted by Crippen LogP contribution is 2.32. The summed E-state index contributed by atoms with van der Waals surface area (Å²) in [6.45, 7) is 2.03. The molecule has 66 valence electrons. The van der Waals surface area contributed by atoms with E-state index in [1.165, 1.54) is 0 Å². The van der Waals surface area contributed by atoms with Crippen molar-refractivity contribution in [3.8, 4) is 0 Å². The van der Waals surface area contributed by atoms with Gasteiger partial charge in [-0.3, -0.25) is 0 Å². The second kappa shape index (κ2) is 4.14. The first-order chi connectivity index (χ1) is 5.65. The summed E-state index contributed by atoms with van der Waals surface area (Å²) in [7, 11) is 0. The molecule has 0 amide bonds. The minimum absolute atomic E-state index is 0.394. The number of hydrogen-bond acceptors (Lipinski definition) is 2. The highest BCUT2D eigenvalue weighted by molar-refractivity contribution is 9.11. The van der Waals surface area contributed by atoms with Crippen molar-refractivity contribution in [2.45, 2.75) is 13.3 Å². The fraction of sp³-hybridized carbons (Fsp3) is 0.375. The minimum Gasteiger partial charge on any atom is -0.478 e. The lowest BCUT2D eigenvalue weighted by Crippen LogP contribution is -2.05. The Bertz CT molecular complexity index is 268. The zero-order chi connectivity index (χ0) is 9.14. The minimum atomic E-state index is -0.854. The summed E-state index contributed by atoms with van der Waals surface area (Å²) in [5, 5.41) is 8.78. The third kappa shape index (κ3) is 2.14. The number of hydrogen-bond donors (Lipinski definition) is 1. The van der Waals surface area contributed by atoms with Crippen LogP contribution in [0.2, 0.25) is 0 Å². The highest BCUT2D eigenvalue weighted by Gasteiger charge is 2.15. The van der Waals surface area contributed by atoms with Crippen molar-refractivity contribution < 1.29 is 9.90 Å². The SMILES string of the molecule is CCC1=CC(C(=O)O)=C(Br)CS1. The molecule has 0 bridgehead atoms. The highest BCUT2D eigenvalue weighted by atomic mass is 79.9. The maximum atomic E-state index is 10.7. The predicted octanol–water partition coefficient (Wildman–Crippen LogP) is 2.76. The third-order valence-electron chi connectivity index (χ3n) is 1.56. The molecule has 0 radical (unpaired) electrons. The molecule has 0 aliphatic carbocycles. The standard InChI is InChI=1S/C8H9BrO2S/c1-2-5-3-6(8(10)11)7(9)4-12-5/h3H,2,4H2,1H3,(H,10,11). The van der Waals surface area contributed by atoms with Crippen LogP contribution in [0.25, 0.3) is 0 Å². The molecule has 0 aromatic rings. The Morgan fingerprint density at radius 1 is 1.83 bits per heavy atom. The molecule has 1 N–H and O–H groups in total. The van der Waals surface area contributed by atoms with E-state index in [9.17, 15) is 4.79 Å². The Labute approximate surface area is 83.9 Å². The van der Waals surface area contributed by atoms with Crippen molar-refractivity contribution in [3.63, 3.8) is 0 Å². The molecule has 0 aromatic heterocycles. The molecule has 4 heteroatoms. The number of allylic oxidation sites excluding steroid dienone is 1. The van der Waals surface area contributed by atoms with E-state index in [0.717, 1.165) is 21.6 Å². The van der Waals surface area contributed by atoms with Crippen LogP contribution in [-0.4, -0.2) is 16.8 Å². The molecule has 0 aromatic carbocycles. The summed E-state index contributed by atoms with van der Waals surface area (Å²) in [6.07, 6.45) is 2.64.